The van der Waals surface area contributed by atoms with E-state index in [1.807, 2.05) is 0 Å². The zero-order chi connectivity index (χ0) is 19.5. The zero-order valence-electron chi connectivity index (χ0n) is 16.7. The number of methoxy groups -OCH3 is 1. The molecule has 6 nitrogen and oxygen atoms in total. The van der Waals surface area contributed by atoms with E-state index in [2.05, 4.69) is 20.9 Å². The minimum absolute atomic E-state index is 0. The van der Waals surface area contributed by atoms with Crippen LogP contribution in [0.4, 0.5) is 4.39 Å². The third-order valence-electron chi connectivity index (χ3n) is 5.18. The van der Waals surface area contributed by atoms with Crippen LogP contribution in [0.15, 0.2) is 29.3 Å². The fourth-order valence-electron chi connectivity index (χ4n) is 3.55. The van der Waals surface area contributed by atoms with Crippen molar-refractivity contribution in [2.24, 2.45) is 10.4 Å². The molecule has 0 aliphatic heterocycles. The van der Waals surface area contributed by atoms with Crippen LogP contribution in [0.5, 0.6) is 0 Å². The Bertz CT molecular complexity index is 636. The second kappa shape index (κ2) is 12.9. The molecule has 1 aromatic rings. The van der Waals surface area contributed by atoms with Gasteiger partial charge in [0, 0.05) is 40.4 Å². The van der Waals surface area contributed by atoms with Crippen molar-refractivity contribution in [2.75, 3.05) is 40.4 Å². The number of carbonyl (C=O) groups excluding carboxylic acids is 1. The quantitative estimate of drug-likeness (QED) is 0.209. The highest BCUT2D eigenvalue weighted by molar-refractivity contribution is 14.0. The van der Waals surface area contributed by atoms with Crippen molar-refractivity contribution in [3.63, 3.8) is 0 Å². The molecule has 1 amide bonds. The molecule has 0 aromatic heterocycles. The molecule has 1 fully saturated rings. The van der Waals surface area contributed by atoms with Crippen molar-refractivity contribution < 1.29 is 13.9 Å². The van der Waals surface area contributed by atoms with Gasteiger partial charge in [0.2, 0.25) is 0 Å². The largest absolute Gasteiger partial charge is 0.385 e. The second-order valence-corrected chi connectivity index (χ2v) is 7.04. The molecule has 1 aliphatic carbocycles. The lowest BCUT2D eigenvalue weighted by Gasteiger charge is -2.30. The van der Waals surface area contributed by atoms with Crippen molar-refractivity contribution in [1.82, 2.24) is 16.0 Å². The van der Waals surface area contributed by atoms with E-state index in [1.165, 1.54) is 37.8 Å². The van der Waals surface area contributed by atoms with Gasteiger partial charge >= 0.3 is 0 Å². The summed E-state index contributed by atoms with van der Waals surface area (Å²) in [6.45, 7) is 2.51. The summed E-state index contributed by atoms with van der Waals surface area (Å²) in [5, 5.41) is 9.30. The van der Waals surface area contributed by atoms with Gasteiger partial charge < -0.3 is 20.7 Å². The molecule has 0 spiro atoms. The molecule has 3 N–H and O–H groups in total. The number of ether oxygens (including phenoxy) is 1. The standard InChI is InChI=1S/C20H31FN4O2.HI/c1-22-19(25-15-20(11-14-27-2)9-5-6-10-20)24-13-12-23-18(26)16-7-3-4-8-17(16)21;/h3-4,7-8H,5-6,9-15H2,1-2H3,(H,23,26)(H2,22,24,25);1H. The second-order valence-electron chi connectivity index (χ2n) is 7.04. The molecular weight excluding hydrogens is 474 g/mol. The Kier molecular flexibility index (Phi) is 11.4. The minimum Gasteiger partial charge on any atom is -0.385 e. The summed E-state index contributed by atoms with van der Waals surface area (Å²) in [5.74, 6) is -0.223. The number of rotatable bonds is 9. The van der Waals surface area contributed by atoms with Gasteiger partial charge in [-0.2, -0.15) is 0 Å². The first-order valence-electron chi connectivity index (χ1n) is 9.56. The van der Waals surface area contributed by atoms with E-state index < -0.39 is 11.7 Å². The van der Waals surface area contributed by atoms with Crippen molar-refractivity contribution in [1.29, 1.82) is 0 Å². The van der Waals surface area contributed by atoms with Gasteiger partial charge in [-0.1, -0.05) is 25.0 Å². The number of halogens is 2. The summed E-state index contributed by atoms with van der Waals surface area (Å²) >= 11 is 0. The van der Waals surface area contributed by atoms with E-state index in [0.29, 0.717) is 19.0 Å². The molecule has 8 heteroatoms. The molecular formula is C20H32FIN4O2. The number of hydrogen-bond donors (Lipinski definition) is 3. The highest BCUT2D eigenvalue weighted by atomic mass is 127. The van der Waals surface area contributed by atoms with Gasteiger partial charge in [0.15, 0.2) is 5.96 Å². The average Bonchev–Trinajstić information content (AvgIpc) is 3.15. The van der Waals surface area contributed by atoms with Crippen molar-refractivity contribution in [3.8, 4) is 0 Å². The lowest BCUT2D eigenvalue weighted by molar-refractivity contribution is 0.0950. The molecule has 158 valence electrons. The normalized spacial score (nSPS) is 15.6. The Morgan fingerprint density at radius 1 is 1.18 bits per heavy atom. The van der Waals surface area contributed by atoms with Crippen LogP contribution in [0.3, 0.4) is 0 Å². The maximum absolute atomic E-state index is 13.6. The van der Waals surface area contributed by atoms with Gasteiger partial charge in [-0.15, -0.1) is 24.0 Å². The third kappa shape index (κ3) is 7.54. The summed E-state index contributed by atoms with van der Waals surface area (Å²) in [6.07, 6.45) is 5.99. The Morgan fingerprint density at radius 3 is 2.50 bits per heavy atom. The topological polar surface area (TPSA) is 74.8 Å². The predicted octanol–water partition coefficient (Wildman–Crippen LogP) is 2.94. The highest BCUT2D eigenvalue weighted by Gasteiger charge is 2.33. The maximum Gasteiger partial charge on any atom is 0.254 e. The maximum atomic E-state index is 13.6. The molecule has 0 bridgehead atoms. The molecule has 0 atom stereocenters. The molecule has 0 saturated heterocycles. The first-order valence-corrected chi connectivity index (χ1v) is 9.56. The van der Waals surface area contributed by atoms with Crippen molar-refractivity contribution in [2.45, 2.75) is 32.1 Å². The van der Waals surface area contributed by atoms with Gasteiger partial charge in [0.25, 0.3) is 5.91 Å². The predicted molar refractivity (Wildman–Crippen MR) is 121 cm³/mol. The number of aliphatic imine (C=N–C) groups is 1. The number of nitrogens with zero attached hydrogens (tertiary/aromatic N) is 1. The number of hydrogen-bond acceptors (Lipinski definition) is 3. The van der Waals surface area contributed by atoms with Gasteiger partial charge in [-0.3, -0.25) is 9.79 Å². The van der Waals surface area contributed by atoms with E-state index in [9.17, 15) is 9.18 Å². The highest BCUT2D eigenvalue weighted by Crippen LogP contribution is 2.40. The Hall–Kier alpha value is -1.42. The van der Waals surface area contributed by atoms with Crippen LogP contribution < -0.4 is 16.0 Å². The fourth-order valence-corrected chi connectivity index (χ4v) is 3.55. The Balaban J connectivity index is 0.00000392. The lowest BCUT2D eigenvalue weighted by Crippen LogP contribution is -2.45. The third-order valence-corrected chi connectivity index (χ3v) is 5.18. The fraction of sp³-hybridized carbons (Fsp3) is 0.600. The van der Waals surface area contributed by atoms with Crippen LogP contribution in [0.1, 0.15) is 42.5 Å². The smallest absolute Gasteiger partial charge is 0.254 e. The molecule has 2 rings (SSSR count). The first-order chi connectivity index (χ1) is 13.1. The van der Waals surface area contributed by atoms with Crippen molar-refractivity contribution in [3.05, 3.63) is 35.6 Å². The molecule has 0 heterocycles. The van der Waals surface area contributed by atoms with E-state index in [-0.39, 0.29) is 35.0 Å². The minimum atomic E-state index is -0.515. The molecule has 1 saturated carbocycles. The number of guanidine groups is 1. The number of carbonyl (C=O) groups is 1. The van der Waals surface area contributed by atoms with E-state index in [0.717, 1.165) is 19.6 Å². The summed E-state index contributed by atoms with van der Waals surface area (Å²) in [6, 6.07) is 5.96. The zero-order valence-corrected chi connectivity index (χ0v) is 19.1. The van der Waals surface area contributed by atoms with Crippen LogP contribution >= 0.6 is 24.0 Å². The SMILES string of the molecule is CN=C(NCCNC(=O)c1ccccc1F)NCC1(CCOC)CCCC1.I. The van der Waals surface area contributed by atoms with Gasteiger partial charge in [0.1, 0.15) is 5.82 Å². The Morgan fingerprint density at radius 2 is 1.86 bits per heavy atom. The van der Waals surface area contributed by atoms with Gasteiger partial charge in [-0.25, -0.2) is 4.39 Å². The number of benzene rings is 1. The van der Waals surface area contributed by atoms with Crippen LogP contribution in [0.25, 0.3) is 0 Å². The summed E-state index contributed by atoms with van der Waals surface area (Å²) in [4.78, 5) is 16.2. The lowest BCUT2D eigenvalue weighted by atomic mass is 9.83. The summed E-state index contributed by atoms with van der Waals surface area (Å²) in [7, 11) is 3.47. The number of amides is 1. The average molecular weight is 506 g/mol. The monoisotopic (exact) mass is 506 g/mol. The molecule has 28 heavy (non-hydrogen) atoms. The first kappa shape index (κ1) is 24.6. The summed E-state index contributed by atoms with van der Waals surface area (Å²) < 4.78 is 18.9. The van der Waals surface area contributed by atoms with Crippen LogP contribution in [-0.4, -0.2) is 52.3 Å². The van der Waals surface area contributed by atoms with E-state index in [4.69, 9.17) is 4.74 Å². The van der Waals surface area contributed by atoms with Crippen LogP contribution in [0.2, 0.25) is 0 Å². The van der Waals surface area contributed by atoms with Crippen LogP contribution in [-0.2, 0) is 4.74 Å². The molecule has 0 radical (unpaired) electrons. The van der Waals surface area contributed by atoms with Crippen molar-refractivity contribution >= 4 is 35.8 Å². The van der Waals surface area contributed by atoms with Gasteiger partial charge in [0.05, 0.1) is 5.56 Å². The Labute approximate surface area is 184 Å². The van der Waals surface area contributed by atoms with Gasteiger partial charge in [-0.05, 0) is 36.8 Å². The van der Waals surface area contributed by atoms with E-state index >= 15 is 0 Å². The molecule has 1 aromatic carbocycles. The van der Waals surface area contributed by atoms with Crippen LogP contribution in [0, 0.1) is 11.2 Å². The number of nitrogens with one attached hydrogen (secondary N) is 3. The van der Waals surface area contributed by atoms with E-state index in [1.54, 1.807) is 26.3 Å². The summed E-state index contributed by atoms with van der Waals surface area (Å²) in [5.41, 5.74) is 0.327. The molecule has 0 unspecified atom stereocenters. The molecule has 1 aliphatic rings.